The number of ether oxygens (including phenoxy) is 1. The number of carbonyl (C=O) groups excluding carboxylic acids is 2. The van der Waals surface area contributed by atoms with E-state index in [2.05, 4.69) is 10.1 Å². The predicted molar refractivity (Wildman–Crippen MR) is 52.9 cm³/mol. The number of nitrogens with zero attached hydrogens (tertiary/aromatic N) is 1. The van der Waals surface area contributed by atoms with Crippen LogP contribution in [0.4, 0.5) is 4.79 Å². The number of hydrogen-bond donors (Lipinski definition) is 1. The molecule has 1 heterocycles. The highest BCUT2D eigenvalue weighted by Gasteiger charge is 2.12. The minimum Gasteiger partial charge on any atom is -0.462 e. The zero-order chi connectivity index (χ0) is 11.2. The van der Waals surface area contributed by atoms with E-state index in [-0.39, 0.29) is 11.6 Å². The SMILES string of the molecule is CC(C)(C)OC=O.CN1CCNC1=O. The Kier molecular flexibility index (Phi) is 4.97. The standard InChI is InChI=1S/C5H10O2.C4H8N2O/c1-5(2,3)7-4-6;1-6-3-2-5-4(6)7/h4H,1-3H3;2-3H2,1H3,(H,5,7). The molecule has 14 heavy (non-hydrogen) atoms. The van der Waals surface area contributed by atoms with Crippen molar-refractivity contribution < 1.29 is 14.3 Å². The normalized spacial score (nSPS) is 15.4. The molecule has 1 fully saturated rings. The Labute approximate surface area is 84.4 Å². The largest absolute Gasteiger partial charge is 0.462 e. The third kappa shape index (κ3) is 6.28. The van der Waals surface area contributed by atoms with Crippen LogP contribution in [-0.4, -0.2) is 43.1 Å². The second-order valence-electron chi connectivity index (χ2n) is 3.98. The predicted octanol–water partition coefficient (Wildman–Crippen LogP) is 0.599. The van der Waals surface area contributed by atoms with E-state index in [0.717, 1.165) is 13.1 Å². The van der Waals surface area contributed by atoms with Crippen molar-refractivity contribution in [3.05, 3.63) is 0 Å². The minimum absolute atomic E-state index is 0.0417. The van der Waals surface area contributed by atoms with E-state index in [1.807, 2.05) is 20.8 Å². The summed E-state index contributed by atoms with van der Waals surface area (Å²) in [5, 5.41) is 2.66. The maximum Gasteiger partial charge on any atom is 0.317 e. The molecule has 1 saturated heterocycles. The summed E-state index contributed by atoms with van der Waals surface area (Å²) in [6.45, 7) is 7.57. The number of urea groups is 1. The smallest absolute Gasteiger partial charge is 0.317 e. The maximum atomic E-state index is 10.4. The molecule has 0 aliphatic carbocycles. The Balaban J connectivity index is 0.000000241. The average Bonchev–Trinajstić information content (AvgIpc) is 2.35. The number of likely N-dealkylation sites (N-methyl/N-ethyl adjacent to an activating group) is 1. The monoisotopic (exact) mass is 202 g/mol. The molecule has 0 spiro atoms. The molecule has 0 saturated carbocycles. The molecule has 1 aliphatic rings. The van der Waals surface area contributed by atoms with Crippen LogP contribution >= 0.6 is 0 Å². The number of hydrogen-bond acceptors (Lipinski definition) is 3. The molecule has 0 bridgehead atoms. The highest BCUT2D eigenvalue weighted by molar-refractivity contribution is 5.75. The lowest BCUT2D eigenvalue weighted by Gasteiger charge is -2.14. The van der Waals surface area contributed by atoms with Crippen molar-refractivity contribution in [3.8, 4) is 0 Å². The summed E-state index contributed by atoms with van der Waals surface area (Å²) in [6.07, 6.45) is 0. The Morgan fingerprint density at radius 3 is 2.14 bits per heavy atom. The Morgan fingerprint density at radius 1 is 1.50 bits per heavy atom. The molecule has 1 aliphatic heterocycles. The van der Waals surface area contributed by atoms with Crippen molar-refractivity contribution >= 4 is 12.5 Å². The lowest BCUT2D eigenvalue weighted by Crippen LogP contribution is -2.23. The van der Waals surface area contributed by atoms with Crippen LogP contribution in [0, 0.1) is 0 Å². The maximum absolute atomic E-state index is 10.4. The number of amides is 2. The molecule has 0 aromatic rings. The van der Waals surface area contributed by atoms with Gasteiger partial charge in [0, 0.05) is 20.1 Å². The van der Waals surface area contributed by atoms with Crippen molar-refractivity contribution in [2.75, 3.05) is 20.1 Å². The van der Waals surface area contributed by atoms with Crippen LogP contribution < -0.4 is 5.32 Å². The van der Waals surface area contributed by atoms with E-state index in [1.54, 1.807) is 11.9 Å². The van der Waals surface area contributed by atoms with Gasteiger partial charge >= 0.3 is 6.03 Å². The van der Waals surface area contributed by atoms with Crippen LogP contribution in [0.15, 0.2) is 0 Å². The third-order valence-electron chi connectivity index (χ3n) is 1.47. The average molecular weight is 202 g/mol. The summed E-state index contributed by atoms with van der Waals surface area (Å²) in [7, 11) is 1.78. The van der Waals surface area contributed by atoms with Gasteiger partial charge in [0.25, 0.3) is 6.47 Å². The van der Waals surface area contributed by atoms with Crippen LogP contribution in [0.2, 0.25) is 0 Å². The zero-order valence-electron chi connectivity index (χ0n) is 9.16. The Morgan fingerprint density at radius 2 is 2.07 bits per heavy atom. The van der Waals surface area contributed by atoms with Gasteiger partial charge in [0.05, 0.1) is 0 Å². The summed E-state index contributed by atoms with van der Waals surface area (Å²) >= 11 is 0. The first-order valence-electron chi connectivity index (χ1n) is 4.47. The number of nitrogens with one attached hydrogen (secondary N) is 1. The van der Waals surface area contributed by atoms with Gasteiger partial charge in [-0.2, -0.15) is 0 Å². The second-order valence-corrected chi connectivity index (χ2v) is 3.98. The van der Waals surface area contributed by atoms with E-state index in [1.165, 1.54) is 0 Å². The van der Waals surface area contributed by atoms with E-state index >= 15 is 0 Å². The molecule has 82 valence electrons. The fraction of sp³-hybridized carbons (Fsp3) is 0.778. The quantitative estimate of drug-likeness (QED) is 0.633. The zero-order valence-corrected chi connectivity index (χ0v) is 9.16. The van der Waals surface area contributed by atoms with Gasteiger partial charge in [0.1, 0.15) is 5.60 Å². The van der Waals surface area contributed by atoms with Gasteiger partial charge in [-0.05, 0) is 20.8 Å². The highest BCUT2D eigenvalue weighted by Crippen LogP contribution is 2.02. The van der Waals surface area contributed by atoms with Crippen LogP contribution in [0.25, 0.3) is 0 Å². The lowest BCUT2D eigenvalue weighted by molar-refractivity contribution is -0.138. The van der Waals surface area contributed by atoms with Gasteiger partial charge in [-0.1, -0.05) is 0 Å². The van der Waals surface area contributed by atoms with Gasteiger partial charge in [0.15, 0.2) is 0 Å². The fourth-order valence-corrected chi connectivity index (χ4v) is 0.711. The van der Waals surface area contributed by atoms with Crippen molar-refractivity contribution in [3.63, 3.8) is 0 Å². The number of rotatable bonds is 1. The molecular weight excluding hydrogens is 184 g/mol. The van der Waals surface area contributed by atoms with Crippen molar-refractivity contribution in [2.24, 2.45) is 0 Å². The molecule has 1 rings (SSSR count). The van der Waals surface area contributed by atoms with Crippen LogP contribution in [0.1, 0.15) is 20.8 Å². The summed E-state index contributed by atoms with van der Waals surface area (Å²) in [5.41, 5.74) is -0.318. The first-order chi connectivity index (χ1) is 6.37. The summed E-state index contributed by atoms with van der Waals surface area (Å²) < 4.78 is 4.55. The van der Waals surface area contributed by atoms with Crippen molar-refractivity contribution in [2.45, 2.75) is 26.4 Å². The lowest BCUT2D eigenvalue weighted by atomic mass is 10.2. The van der Waals surface area contributed by atoms with Crippen LogP contribution in [0.3, 0.4) is 0 Å². The van der Waals surface area contributed by atoms with Gasteiger partial charge in [-0.15, -0.1) is 0 Å². The molecule has 5 heteroatoms. The first kappa shape index (κ1) is 12.7. The highest BCUT2D eigenvalue weighted by atomic mass is 16.5. The molecule has 0 radical (unpaired) electrons. The first-order valence-corrected chi connectivity index (χ1v) is 4.47. The molecule has 2 amide bonds. The molecular formula is C9H18N2O3. The molecule has 0 aromatic carbocycles. The molecule has 1 N–H and O–H groups in total. The van der Waals surface area contributed by atoms with E-state index in [4.69, 9.17) is 0 Å². The van der Waals surface area contributed by atoms with Crippen LogP contribution in [0.5, 0.6) is 0 Å². The Bertz CT molecular complexity index is 199. The molecule has 5 nitrogen and oxygen atoms in total. The third-order valence-corrected chi connectivity index (χ3v) is 1.47. The molecule has 0 atom stereocenters. The van der Waals surface area contributed by atoms with E-state index in [0.29, 0.717) is 6.47 Å². The fourth-order valence-electron chi connectivity index (χ4n) is 0.711. The second kappa shape index (κ2) is 5.47. The van der Waals surface area contributed by atoms with E-state index < -0.39 is 0 Å². The summed E-state index contributed by atoms with van der Waals surface area (Å²) in [4.78, 5) is 21.6. The summed E-state index contributed by atoms with van der Waals surface area (Å²) in [6, 6.07) is 0.0417. The molecule has 0 aromatic heterocycles. The number of carbonyl (C=O) groups is 2. The van der Waals surface area contributed by atoms with Gasteiger partial charge in [0.2, 0.25) is 0 Å². The van der Waals surface area contributed by atoms with Crippen LogP contribution in [-0.2, 0) is 9.53 Å². The minimum atomic E-state index is -0.318. The van der Waals surface area contributed by atoms with Gasteiger partial charge < -0.3 is 15.0 Å². The van der Waals surface area contributed by atoms with Gasteiger partial charge in [-0.25, -0.2) is 4.79 Å². The van der Waals surface area contributed by atoms with Crippen molar-refractivity contribution in [1.82, 2.24) is 10.2 Å². The van der Waals surface area contributed by atoms with Gasteiger partial charge in [-0.3, -0.25) is 4.79 Å². The van der Waals surface area contributed by atoms with E-state index in [9.17, 15) is 9.59 Å². The molecule has 0 unspecified atom stereocenters. The Hall–Kier alpha value is -1.26. The topological polar surface area (TPSA) is 58.6 Å². The summed E-state index contributed by atoms with van der Waals surface area (Å²) in [5.74, 6) is 0. The van der Waals surface area contributed by atoms with Crippen molar-refractivity contribution in [1.29, 1.82) is 0 Å².